The normalized spacial score (nSPS) is 10.8. The number of nitrogens with one attached hydrogen (secondary N) is 1. The van der Waals surface area contributed by atoms with Gasteiger partial charge in [-0.15, -0.1) is 0 Å². The monoisotopic (exact) mass is 285 g/mol. The van der Waals surface area contributed by atoms with Crippen LogP contribution in [0.4, 0.5) is 0 Å². The highest BCUT2D eigenvalue weighted by atomic mass is 35.5. The van der Waals surface area contributed by atoms with E-state index in [2.05, 4.69) is 12.2 Å². The molecular weight excluding hydrogens is 262 g/mol. The van der Waals surface area contributed by atoms with E-state index in [4.69, 9.17) is 21.1 Å². The Balaban J connectivity index is 2.91. The fourth-order valence-corrected chi connectivity index (χ4v) is 1.95. The van der Waals surface area contributed by atoms with Gasteiger partial charge in [0, 0.05) is 17.6 Å². The fraction of sp³-hybridized carbons (Fsp3) is 0.600. The summed E-state index contributed by atoms with van der Waals surface area (Å²) in [5, 5.41) is 4.05. The molecule has 0 heterocycles. The van der Waals surface area contributed by atoms with E-state index >= 15 is 0 Å². The topological polar surface area (TPSA) is 30.5 Å². The maximum absolute atomic E-state index is 6.29. The van der Waals surface area contributed by atoms with E-state index in [1.807, 2.05) is 32.9 Å². The number of rotatable bonds is 8. The van der Waals surface area contributed by atoms with Gasteiger partial charge in [-0.1, -0.05) is 18.5 Å². The number of hydrogen-bond donors (Lipinski definition) is 1. The van der Waals surface area contributed by atoms with Gasteiger partial charge in [-0.05, 0) is 45.4 Å². The lowest BCUT2D eigenvalue weighted by molar-refractivity contribution is 0.223. The van der Waals surface area contributed by atoms with Crippen LogP contribution in [0.3, 0.4) is 0 Å². The van der Waals surface area contributed by atoms with Gasteiger partial charge in [0.05, 0.1) is 12.7 Å². The first-order valence-corrected chi connectivity index (χ1v) is 7.28. The van der Waals surface area contributed by atoms with Crippen LogP contribution >= 0.6 is 11.6 Å². The number of ether oxygens (including phenoxy) is 2. The Morgan fingerprint density at radius 1 is 1.21 bits per heavy atom. The minimum Gasteiger partial charge on any atom is -0.490 e. The first-order chi connectivity index (χ1) is 9.08. The standard InChI is InChI=1S/C15H24ClNO2/c1-5-7-17-10-12-8-14(18-6-2)15(9-13(12)16)19-11(3)4/h8-9,11,17H,5-7,10H2,1-4H3. The summed E-state index contributed by atoms with van der Waals surface area (Å²) in [6, 6.07) is 3.81. The molecule has 0 saturated carbocycles. The van der Waals surface area contributed by atoms with Gasteiger partial charge >= 0.3 is 0 Å². The first-order valence-electron chi connectivity index (χ1n) is 6.91. The van der Waals surface area contributed by atoms with Crippen LogP contribution < -0.4 is 14.8 Å². The summed E-state index contributed by atoms with van der Waals surface area (Å²) < 4.78 is 11.4. The Morgan fingerprint density at radius 2 is 1.95 bits per heavy atom. The predicted octanol–water partition coefficient (Wildman–Crippen LogP) is 4.03. The molecule has 0 aliphatic rings. The van der Waals surface area contributed by atoms with Gasteiger partial charge < -0.3 is 14.8 Å². The molecule has 0 amide bonds. The Bertz CT molecular complexity index is 394. The van der Waals surface area contributed by atoms with Crippen LogP contribution in [-0.4, -0.2) is 19.3 Å². The second-order valence-corrected chi connectivity index (χ2v) is 5.07. The van der Waals surface area contributed by atoms with E-state index in [9.17, 15) is 0 Å². The summed E-state index contributed by atoms with van der Waals surface area (Å²) >= 11 is 6.29. The third-order valence-corrected chi connectivity index (χ3v) is 2.87. The first kappa shape index (κ1) is 16.1. The van der Waals surface area contributed by atoms with E-state index in [-0.39, 0.29) is 6.10 Å². The van der Waals surface area contributed by atoms with Crippen LogP contribution in [0.2, 0.25) is 5.02 Å². The molecule has 0 bridgehead atoms. The summed E-state index contributed by atoms with van der Waals surface area (Å²) in [7, 11) is 0. The molecule has 1 rings (SSSR count). The van der Waals surface area contributed by atoms with Crippen molar-refractivity contribution in [1.82, 2.24) is 5.32 Å². The summed E-state index contributed by atoms with van der Waals surface area (Å²) in [4.78, 5) is 0. The van der Waals surface area contributed by atoms with Crippen molar-refractivity contribution in [3.8, 4) is 11.5 Å². The van der Waals surface area contributed by atoms with Crippen molar-refractivity contribution in [2.75, 3.05) is 13.2 Å². The lowest BCUT2D eigenvalue weighted by Gasteiger charge is -2.17. The molecule has 0 aliphatic heterocycles. The second-order valence-electron chi connectivity index (χ2n) is 4.67. The molecule has 1 N–H and O–H groups in total. The molecule has 0 spiro atoms. The molecular formula is C15H24ClNO2. The molecule has 4 heteroatoms. The van der Waals surface area contributed by atoms with Crippen molar-refractivity contribution < 1.29 is 9.47 Å². The summed E-state index contributed by atoms with van der Waals surface area (Å²) in [5.41, 5.74) is 1.04. The quantitative estimate of drug-likeness (QED) is 0.732. The third-order valence-electron chi connectivity index (χ3n) is 2.52. The van der Waals surface area contributed by atoms with E-state index in [1.165, 1.54) is 0 Å². The maximum Gasteiger partial charge on any atom is 0.163 e. The van der Waals surface area contributed by atoms with Crippen molar-refractivity contribution in [2.24, 2.45) is 0 Å². The smallest absolute Gasteiger partial charge is 0.163 e. The lowest BCUT2D eigenvalue weighted by atomic mass is 10.2. The predicted molar refractivity (Wildman–Crippen MR) is 80.4 cm³/mol. The zero-order valence-corrected chi connectivity index (χ0v) is 13.0. The van der Waals surface area contributed by atoms with E-state index in [0.29, 0.717) is 17.4 Å². The highest BCUT2D eigenvalue weighted by Gasteiger charge is 2.12. The summed E-state index contributed by atoms with van der Waals surface area (Å²) in [6.07, 6.45) is 1.20. The molecule has 0 atom stereocenters. The molecule has 108 valence electrons. The van der Waals surface area contributed by atoms with Crippen LogP contribution in [0.1, 0.15) is 39.7 Å². The highest BCUT2D eigenvalue weighted by molar-refractivity contribution is 6.31. The minimum absolute atomic E-state index is 0.0966. The zero-order chi connectivity index (χ0) is 14.3. The minimum atomic E-state index is 0.0966. The molecule has 0 aromatic heterocycles. The van der Waals surface area contributed by atoms with Crippen molar-refractivity contribution in [3.05, 3.63) is 22.7 Å². The SMILES string of the molecule is CCCNCc1cc(OCC)c(OC(C)C)cc1Cl. The van der Waals surface area contributed by atoms with Crippen molar-refractivity contribution >= 4 is 11.6 Å². The molecule has 0 saturated heterocycles. The van der Waals surface area contributed by atoms with Gasteiger partial charge in [0.2, 0.25) is 0 Å². The Kier molecular flexibility index (Phi) is 7.03. The average Bonchev–Trinajstić information content (AvgIpc) is 2.34. The molecule has 0 fully saturated rings. The third kappa shape index (κ3) is 5.29. The molecule has 1 aromatic carbocycles. The van der Waals surface area contributed by atoms with Crippen LogP contribution in [-0.2, 0) is 6.54 Å². The maximum atomic E-state index is 6.29. The van der Waals surface area contributed by atoms with Crippen LogP contribution in [0, 0.1) is 0 Å². The largest absolute Gasteiger partial charge is 0.490 e. The zero-order valence-electron chi connectivity index (χ0n) is 12.3. The van der Waals surface area contributed by atoms with E-state index in [0.717, 1.165) is 30.8 Å². The van der Waals surface area contributed by atoms with E-state index in [1.54, 1.807) is 0 Å². The van der Waals surface area contributed by atoms with Gasteiger partial charge in [-0.25, -0.2) is 0 Å². The summed E-state index contributed by atoms with van der Waals surface area (Å²) in [6.45, 7) is 10.4. The highest BCUT2D eigenvalue weighted by Crippen LogP contribution is 2.34. The van der Waals surface area contributed by atoms with E-state index < -0.39 is 0 Å². The average molecular weight is 286 g/mol. The van der Waals surface area contributed by atoms with Crippen LogP contribution in [0.15, 0.2) is 12.1 Å². The molecule has 0 unspecified atom stereocenters. The Morgan fingerprint density at radius 3 is 2.53 bits per heavy atom. The van der Waals surface area contributed by atoms with Gasteiger partial charge in [0.15, 0.2) is 11.5 Å². The second kappa shape index (κ2) is 8.28. The molecule has 19 heavy (non-hydrogen) atoms. The van der Waals surface area contributed by atoms with Gasteiger partial charge in [-0.2, -0.15) is 0 Å². The van der Waals surface area contributed by atoms with Crippen molar-refractivity contribution in [3.63, 3.8) is 0 Å². The van der Waals surface area contributed by atoms with Crippen molar-refractivity contribution in [1.29, 1.82) is 0 Å². The van der Waals surface area contributed by atoms with Gasteiger partial charge in [0.1, 0.15) is 0 Å². The molecule has 0 aliphatic carbocycles. The Labute approximate surface area is 121 Å². The summed E-state index contributed by atoms with van der Waals surface area (Å²) in [5.74, 6) is 1.47. The van der Waals surface area contributed by atoms with Gasteiger partial charge in [-0.3, -0.25) is 0 Å². The molecule has 3 nitrogen and oxygen atoms in total. The molecule has 0 radical (unpaired) electrons. The molecule has 1 aromatic rings. The van der Waals surface area contributed by atoms with Crippen LogP contribution in [0.25, 0.3) is 0 Å². The Hall–Kier alpha value is -0.930. The number of hydrogen-bond acceptors (Lipinski definition) is 3. The van der Waals surface area contributed by atoms with Crippen LogP contribution in [0.5, 0.6) is 11.5 Å². The number of benzene rings is 1. The van der Waals surface area contributed by atoms with Crippen molar-refractivity contribution in [2.45, 2.75) is 46.8 Å². The number of halogens is 1. The fourth-order valence-electron chi connectivity index (χ4n) is 1.73. The lowest BCUT2D eigenvalue weighted by Crippen LogP contribution is -2.14. The van der Waals surface area contributed by atoms with Gasteiger partial charge in [0.25, 0.3) is 0 Å².